The molecular formula is C19H23BrN2O4. The van der Waals surface area contributed by atoms with Crippen LogP contribution >= 0.6 is 15.9 Å². The molecule has 0 N–H and O–H groups in total. The van der Waals surface area contributed by atoms with Gasteiger partial charge in [-0.25, -0.2) is 0 Å². The molecule has 2 atom stereocenters. The summed E-state index contributed by atoms with van der Waals surface area (Å²) in [6.45, 7) is 2.32. The lowest BCUT2D eigenvalue weighted by Crippen LogP contribution is -2.52. The van der Waals surface area contributed by atoms with E-state index in [9.17, 15) is 9.59 Å². The van der Waals surface area contributed by atoms with Gasteiger partial charge in [-0.1, -0.05) is 22.0 Å². The third-order valence-electron chi connectivity index (χ3n) is 5.39. The lowest BCUT2D eigenvalue weighted by molar-refractivity contribution is -0.154. The summed E-state index contributed by atoms with van der Waals surface area (Å²) in [6, 6.07) is 7.60. The summed E-state index contributed by atoms with van der Waals surface area (Å²) in [5.74, 6) is -0.244. The number of amides is 2. The van der Waals surface area contributed by atoms with Gasteiger partial charge in [0.05, 0.1) is 25.2 Å². The molecule has 2 amide bonds. The second kappa shape index (κ2) is 7.66. The molecule has 3 fully saturated rings. The van der Waals surface area contributed by atoms with E-state index in [4.69, 9.17) is 9.47 Å². The second-order valence-electron chi connectivity index (χ2n) is 7.09. The Bertz CT molecular complexity index is 692. The van der Waals surface area contributed by atoms with Crippen LogP contribution in [0.1, 0.15) is 25.7 Å². The molecule has 3 aliphatic heterocycles. The Kier molecular flexibility index (Phi) is 5.29. The van der Waals surface area contributed by atoms with Gasteiger partial charge in [0.25, 0.3) is 0 Å². The highest BCUT2D eigenvalue weighted by molar-refractivity contribution is 9.10. The molecule has 4 rings (SSSR count). The van der Waals surface area contributed by atoms with Gasteiger partial charge >= 0.3 is 0 Å². The molecule has 7 heteroatoms. The van der Waals surface area contributed by atoms with Crippen molar-refractivity contribution < 1.29 is 19.1 Å². The van der Waals surface area contributed by atoms with Crippen molar-refractivity contribution >= 4 is 33.4 Å². The van der Waals surface area contributed by atoms with Crippen LogP contribution in [0.3, 0.4) is 0 Å². The molecular weight excluding hydrogens is 400 g/mol. The third-order valence-corrected chi connectivity index (χ3v) is 5.88. The predicted octanol–water partition coefficient (Wildman–Crippen LogP) is 2.56. The highest BCUT2D eigenvalue weighted by atomic mass is 79.9. The Hall–Kier alpha value is -1.44. The molecule has 3 aliphatic rings. The van der Waals surface area contributed by atoms with E-state index in [0.717, 1.165) is 29.4 Å². The van der Waals surface area contributed by atoms with Crippen molar-refractivity contribution in [3.05, 3.63) is 28.7 Å². The number of hydrogen-bond acceptors (Lipinski definition) is 4. The average Bonchev–Trinajstić information content (AvgIpc) is 3.31. The Morgan fingerprint density at radius 2 is 2.00 bits per heavy atom. The number of nitrogens with zero attached hydrogens (tertiary/aromatic N) is 2. The molecule has 26 heavy (non-hydrogen) atoms. The number of likely N-dealkylation sites (tertiary alicyclic amines) is 1. The van der Waals surface area contributed by atoms with Crippen molar-refractivity contribution in [1.29, 1.82) is 0 Å². The summed E-state index contributed by atoms with van der Waals surface area (Å²) >= 11 is 3.44. The van der Waals surface area contributed by atoms with Crippen LogP contribution in [-0.2, 0) is 19.1 Å². The summed E-state index contributed by atoms with van der Waals surface area (Å²) in [5, 5.41) is 0. The smallest absolute Gasteiger partial charge is 0.228 e. The van der Waals surface area contributed by atoms with Crippen molar-refractivity contribution in [2.45, 2.75) is 38.0 Å². The van der Waals surface area contributed by atoms with Crippen LogP contribution in [-0.4, -0.2) is 55.3 Å². The van der Waals surface area contributed by atoms with Gasteiger partial charge in [0, 0.05) is 29.7 Å². The topological polar surface area (TPSA) is 59.1 Å². The largest absolute Gasteiger partial charge is 0.348 e. The van der Waals surface area contributed by atoms with Crippen LogP contribution in [0.5, 0.6) is 0 Å². The monoisotopic (exact) mass is 422 g/mol. The van der Waals surface area contributed by atoms with Crippen LogP contribution in [0, 0.1) is 5.92 Å². The van der Waals surface area contributed by atoms with Gasteiger partial charge < -0.3 is 19.3 Å². The number of carbonyl (C=O) groups is 2. The zero-order valence-electron chi connectivity index (χ0n) is 14.6. The minimum Gasteiger partial charge on any atom is -0.348 e. The summed E-state index contributed by atoms with van der Waals surface area (Å²) < 4.78 is 12.2. The number of anilines is 1. The summed E-state index contributed by atoms with van der Waals surface area (Å²) in [5.41, 5.74) is 0.831. The molecule has 3 saturated heterocycles. The molecule has 6 nitrogen and oxygen atoms in total. The number of hydrogen-bond donors (Lipinski definition) is 0. The maximum absolute atomic E-state index is 13.2. The first-order valence-corrected chi connectivity index (χ1v) is 10.0. The van der Waals surface area contributed by atoms with Gasteiger partial charge in [0.2, 0.25) is 11.8 Å². The molecule has 140 valence electrons. The zero-order chi connectivity index (χ0) is 18.1. The van der Waals surface area contributed by atoms with Gasteiger partial charge in [-0.2, -0.15) is 0 Å². The molecule has 0 aliphatic carbocycles. The quantitative estimate of drug-likeness (QED) is 0.750. The first-order valence-electron chi connectivity index (χ1n) is 9.23. The number of halogens is 1. The maximum atomic E-state index is 13.2. The predicted molar refractivity (Wildman–Crippen MR) is 99.6 cm³/mol. The fourth-order valence-corrected chi connectivity index (χ4v) is 4.50. The number of piperidine rings is 1. The SMILES string of the molecule is O=C1CC(C(=O)N2CCCCC2C2OCCO2)CN1c1cccc(Br)c1. The van der Waals surface area contributed by atoms with E-state index in [-0.39, 0.29) is 36.5 Å². The van der Waals surface area contributed by atoms with Crippen molar-refractivity contribution in [3.8, 4) is 0 Å². The average molecular weight is 423 g/mol. The lowest BCUT2D eigenvalue weighted by Gasteiger charge is -2.39. The van der Waals surface area contributed by atoms with Crippen molar-refractivity contribution in [2.75, 3.05) is 31.2 Å². The van der Waals surface area contributed by atoms with E-state index in [2.05, 4.69) is 15.9 Å². The van der Waals surface area contributed by atoms with Crippen molar-refractivity contribution in [2.24, 2.45) is 5.92 Å². The lowest BCUT2D eigenvalue weighted by atomic mass is 9.98. The number of benzene rings is 1. The van der Waals surface area contributed by atoms with E-state index in [0.29, 0.717) is 26.3 Å². The van der Waals surface area contributed by atoms with Crippen LogP contribution in [0.15, 0.2) is 28.7 Å². The van der Waals surface area contributed by atoms with E-state index in [1.54, 1.807) is 4.90 Å². The normalized spacial score (nSPS) is 27.3. The standard InChI is InChI=1S/C19H23BrN2O4/c20-14-4-3-5-15(11-14)22-12-13(10-17(22)23)18(24)21-7-2-1-6-16(21)19-25-8-9-26-19/h3-5,11,13,16,19H,1-2,6-10,12H2. The highest BCUT2D eigenvalue weighted by Crippen LogP contribution is 2.31. The van der Waals surface area contributed by atoms with Gasteiger partial charge in [0.1, 0.15) is 0 Å². The number of carbonyl (C=O) groups excluding carboxylic acids is 2. The van der Waals surface area contributed by atoms with Crippen LogP contribution < -0.4 is 4.90 Å². The fraction of sp³-hybridized carbons (Fsp3) is 0.579. The minimum atomic E-state index is -0.322. The van der Waals surface area contributed by atoms with Gasteiger partial charge in [-0.3, -0.25) is 9.59 Å². The maximum Gasteiger partial charge on any atom is 0.228 e. The molecule has 1 aromatic carbocycles. The summed E-state index contributed by atoms with van der Waals surface area (Å²) in [4.78, 5) is 29.3. The Balaban J connectivity index is 1.48. The van der Waals surface area contributed by atoms with Crippen LogP contribution in [0.2, 0.25) is 0 Å². The van der Waals surface area contributed by atoms with Crippen molar-refractivity contribution in [3.63, 3.8) is 0 Å². The van der Waals surface area contributed by atoms with Crippen LogP contribution in [0.25, 0.3) is 0 Å². The Morgan fingerprint density at radius 3 is 2.77 bits per heavy atom. The second-order valence-corrected chi connectivity index (χ2v) is 8.01. The van der Waals surface area contributed by atoms with Crippen LogP contribution in [0.4, 0.5) is 5.69 Å². The van der Waals surface area contributed by atoms with E-state index in [1.165, 1.54) is 0 Å². The van der Waals surface area contributed by atoms with E-state index < -0.39 is 0 Å². The minimum absolute atomic E-state index is 0.00313. The number of rotatable bonds is 3. The molecule has 0 aromatic heterocycles. The number of ether oxygens (including phenoxy) is 2. The first kappa shape index (κ1) is 17.9. The van der Waals surface area contributed by atoms with Gasteiger partial charge in [0.15, 0.2) is 6.29 Å². The van der Waals surface area contributed by atoms with Gasteiger partial charge in [-0.15, -0.1) is 0 Å². The molecule has 0 saturated carbocycles. The molecule has 1 aromatic rings. The molecule has 2 unspecified atom stereocenters. The molecule has 3 heterocycles. The zero-order valence-corrected chi connectivity index (χ0v) is 16.2. The molecule has 0 radical (unpaired) electrons. The molecule has 0 spiro atoms. The van der Waals surface area contributed by atoms with E-state index in [1.807, 2.05) is 29.2 Å². The van der Waals surface area contributed by atoms with E-state index >= 15 is 0 Å². The Morgan fingerprint density at radius 1 is 1.19 bits per heavy atom. The fourth-order valence-electron chi connectivity index (χ4n) is 4.11. The third kappa shape index (κ3) is 3.52. The Labute approximate surface area is 161 Å². The highest BCUT2D eigenvalue weighted by Gasteiger charge is 2.42. The first-order chi connectivity index (χ1) is 12.6. The van der Waals surface area contributed by atoms with Gasteiger partial charge in [-0.05, 0) is 37.5 Å². The summed E-state index contributed by atoms with van der Waals surface area (Å²) in [7, 11) is 0. The molecule has 0 bridgehead atoms. The van der Waals surface area contributed by atoms with Crippen molar-refractivity contribution in [1.82, 2.24) is 4.90 Å². The summed E-state index contributed by atoms with van der Waals surface area (Å²) in [6.07, 6.45) is 2.90.